The number of nitrogens with one attached hydrogen (secondary N) is 5. The molecule has 1 aromatic carbocycles. The van der Waals surface area contributed by atoms with E-state index in [2.05, 4.69) is 33.5 Å². The third kappa shape index (κ3) is 14.5. The van der Waals surface area contributed by atoms with Crippen LogP contribution < -0.4 is 32.3 Å². The Morgan fingerprint density at radius 3 is 2.20 bits per heavy atom. The number of hydrogen-bond acceptors (Lipinski definition) is 7. The van der Waals surface area contributed by atoms with Crippen molar-refractivity contribution in [2.24, 2.45) is 17.6 Å². The quantitative estimate of drug-likeness (QED) is 0.111. The molecule has 1 fully saturated rings. The molecule has 1 saturated carbocycles. The Balaban J connectivity index is 1.99. The van der Waals surface area contributed by atoms with Gasteiger partial charge >= 0.3 is 18.1 Å². The Hall–Kier alpha value is -3.87. The maximum atomic E-state index is 13.5. The maximum Gasteiger partial charge on any atom is 0.407 e. The minimum atomic E-state index is -1.19. The number of carbonyl (C=O) groups is 5. The van der Waals surface area contributed by atoms with Crippen molar-refractivity contribution < 1.29 is 33.8 Å². The molecule has 0 spiro atoms. The van der Waals surface area contributed by atoms with Gasteiger partial charge < -0.3 is 42.2 Å². The molecule has 5 atom stereocenters. The molecule has 0 heterocycles. The normalized spacial score (nSPS) is 18.0. The van der Waals surface area contributed by atoms with E-state index in [1.807, 2.05) is 44.2 Å². The van der Waals surface area contributed by atoms with Gasteiger partial charge in [0, 0.05) is 12.6 Å². The highest BCUT2D eigenvalue weighted by Gasteiger charge is 2.32. The van der Waals surface area contributed by atoms with Crippen LogP contribution in [0, 0.1) is 11.8 Å². The largest absolute Gasteiger partial charge is 0.480 e. The highest BCUT2D eigenvalue weighted by Crippen LogP contribution is 2.24. The van der Waals surface area contributed by atoms with E-state index >= 15 is 0 Å². The molecule has 8 N–H and O–H groups in total. The number of aliphatic carboxylic acids is 1. The molecule has 46 heavy (non-hydrogen) atoms. The molecule has 2 rings (SSSR count). The summed E-state index contributed by atoms with van der Waals surface area (Å²) in [6, 6.07) is 5.51. The lowest BCUT2D eigenvalue weighted by Gasteiger charge is -2.32. The molecular formula is C33H54N6O7. The SMILES string of the molecule is CC1CCCCC1NC(=O)[C@@H](NC(=O)[C@@H](CCCCNC(=O)OCc1ccccc1)NC(=O)N[C@@H](CCCCN)C(=O)O)C(C)C. The first-order valence-corrected chi connectivity index (χ1v) is 16.6. The highest BCUT2D eigenvalue weighted by molar-refractivity contribution is 5.92. The molecule has 13 heteroatoms. The van der Waals surface area contributed by atoms with Gasteiger partial charge in [0.15, 0.2) is 0 Å². The van der Waals surface area contributed by atoms with E-state index in [9.17, 15) is 29.1 Å². The van der Waals surface area contributed by atoms with Crippen molar-refractivity contribution in [2.75, 3.05) is 13.1 Å². The Kier molecular flexibility index (Phi) is 17.5. The van der Waals surface area contributed by atoms with Gasteiger partial charge in [-0.25, -0.2) is 14.4 Å². The molecule has 0 radical (unpaired) electrons. The van der Waals surface area contributed by atoms with Gasteiger partial charge in [0.25, 0.3) is 0 Å². The van der Waals surface area contributed by atoms with E-state index in [4.69, 9.17) is 10.5 Å². The van der Waals surface area contributed by atoms with Crippen LogP contribution in [0.25, 0.3) is 0 Å². The third-order valence-corrected chi connectivity index (χ3v) is 8.26. The summed E-state index contributed by atoms with van der Waals surface area (Å²) >= 11 is 0. The summed E-state index contributed by atoms with van der Waals surface area (Å²) in [5, 5.41) is 23.2. The number of urea groups is 1. The Morgan fingerprint density at radius 1 is 0.891 bits per heavy atom. The zero-order valence-corrected chi connectivity index (χ0v) is 27.5. The molecule has 2 unspecified atom stereocenters. The van der Waals surface area contributed by atoms with E-state index in [1.54, 1.807) is 0 Å². The lowest BCUT2D eigenvalue weighted by Crippen LogP contribution is -2.58. The van der Waals surface area contributed by atoms with Gasteiger partial charge in [-0.1, -0.05) is 63.9 Å². The Bertz CT molecular complexity index is 1100. The van der Waals surface area contributed by atoms with Crippen LogP contribution in [0.2, 0.25) is 0 Å². The van der Waals surface area contributed by atoms with E-state index in [0.29, 0.717) is 38.1 Å². The average molecular weight is 647 g/mol. The molecule has 13 nitrogen and oxygen atoms in total. The summed E-state index contributed by atoms with van der Waals surface area (Å²) in [5.41, 5.74) is 6.37. The number of benzene rings is 1. The number of ether oxygens (including phenoxy) is 1. The fourth-order valence-electron chi connectivity index (χ4n) is 5.41. The van der Waals surface area contributed by atoms with E-state index in [1.165, 1.54) is 0 Å². The number of carboxylic acid groups (broad SMARTS) is 1. The van der Waals surface area contributed by atoms with Gasteiger partial charge in [-0.3, -0.25) is 9.59 Å². The van der Waals surface area contributed by atoms with E-state index in [0.717, 1.165) is 31.2 Å². The molecule has 1 aliphatic carbocycles. The van der Waals surface area contributed by atoms with Crippen LogP contribution in [0.5, 0.6) is 0 Å². The van der Waals surface area contributed by atoms with Crippen LogP contribution in [0.1, 0.15) is 90.5 Å². The lowest BCUT2D eigenvalue weighted by atomic mass is 9.85. The van der Waals surface area contributed by atoms with E-state index in [-0.39, 0.29) is 43.9 Å². The number of amides is 5. The fourth-order valence-corrected chi connectivity index (χ4v) is 5.41. The third-order valence-electron chi connectivity index (χ3n) is 8.26. The molecule has 1 aromatic rings. The molecule has 5 amide bonds. The van der Waals surface area contributed by atoms with Crippen LogP contribution in [-0.2, 0) is 25.7 Å². The van der Waals surface area contributed by atoms with Crippen molar-refractivity contribution in [3.8, 4) is 0 Å². The van der Waals surface area contributed by atoms with Crippen molar-refractivity contribution >= 4 is 29.9 Å². The minimum absolute atomic E-state index is 0.0400. The van der Waals surface area contributed by atoms with E-state index < -0.39 is 42.1 Å². The molecule has 0 aromatic heterocycles. The monoisotopic (exact) mass is 646 g/mol. The van der Waals surface area contributed by atoms with Crippen molar-refractivity contribution in [3.63, 3.8) is 0 Å². The number of rotatable bonds is 19. The van der Waals surface area contributed by atoms with Crippen LogP contribution in [0.3, 0.4) is 0 Å². The second-order valence-corrected chi connectivity index (χ2v) is 12.4. The van der Waals surface area contributed by atoms with Gasteiger partial charge in [0.1, 0.15) is 24.7 Å². The van der Waals surface area contributed by atoms with Crippen molar-refractivity contribution in [1.29, 1.82) is 0 Å². The predicted octanol–water partition coefficient (Wildman–Crippen LogP) is 3.17. The molecule has 0 bridgehead atoms. The molecule has 1 aliphatic rings. The number of alkyl carbamates (subject to hydrolysis) is 1. The summed E-state index contributed by atoms with van der Waals surface area (Å²) in [5.74, 6) is -1.88. The van der Waals surface area contributed by atoms with Gasteiger partial charge in [0.2, 0.25) is 11.8 Å². The summed E-state index contributed by atoms with van der Waals surface area (Å²) < 4.78 is 5.22. The summed E-state index contributed by atoms with van der Waals surface area (Å²) in [6.07, 6.45) is 5.97. The smallest absolute Gasteiger partial charge is 0.407 e. The second-order valence-electron chi connectivity index (χ2n) is 12.4. The van der Waals surface area contributed by atoms with Crippen LogP contribution in [0.15, 0.2) is 30.3 Å². The summed E-state index contributed by atoms with van der Waals surface area (Å²) in [7, 11) is 0. The molecule has 0 saturated heterocycles. The number of unbranched alkanes of at least 4 members (excludes halogenated alkanes) is 2. The van der Waals surface area contributed by atoms with Crippen molar-refractivity contribution in [3.05, 3.63) is 35.9 Å². The predicted molar refractivity (Wildman–Crippen MR) is 175 cm³/mol. The first-order valence-electron chi connectivity index (χ1n) is 16.6. The number of nitrogens with two attached hydrogens (primary N) is 1. The van der Waals surface area contributed by atoms with Crippen molar-refractivity contribution in [2.45, 2.75) is 116 Å². The topological polar surface area (TPSA) is 201 Å². The zero-order valence-electron chi connectivity index (χ0n) is 27.5. The molecule has 0 aliphatic heterocycles. The number of hydrogen-bond donors (Lipinski definition) is 7. The first kappa shape index (κ1) is 38.3. The van der Waals surface area contributed by atoms with Crippen molar-refractivity contribution in [1.82, 2.24) is 26.6 Å². The minimum Gasteiger partial charge on any atom is -0.480 e. The average Bonchev–Trinajstić information content (AvgIpc) is 3.02. The zero-order chi connectivity index (χ0) is 33.9. The lowest BCUT2D eigenvalue weighted by molar-refractivity contribution is -0.139. The number of carboxylic acids is 1. The van der Waals surface area contributed by atoms with Gasteiger partial charge in [-0.2, -0.15) is 0 Å². The highest BCUT2D eigenvalue weighted by atomic mass is 16.5. The van der Waals surface area contributed by atoms with Gasteiger partial charge in [-0.05, 0) is 75.3 Å². The van der Waals surface area contributed by atoms with Gasteiger partial charge in [-0.15, -0.1) is 0 Å². The molecule has 258 valence electrons. The Morgan fingerprint density at radius 2 is 1.54 bits per heavy atom. The summed E-state index contributed by atoms with van der Waals surface area (Å²) in [6.45, 7) is 6.62. The fraction of sp³-hybridized carbons (Fsp3) is 0.667. The van der Waals surface area contributed by atoms with Crippen LogP contribution in [-0.4, -0.2) is 72.3 Å². The maximum absolute atomic E-state index is 13.5. The van der Waals surface area contributed by atoms with Crippen LogP contribution >= 0.6 is 0 Å². The number of carbonyl (C=O) groups excluding carboxylic acids is 4. The standard InChI is InChI=1S/C33H54N6O7/c1-22(2)28(30(41)36-25-16-8-7-13-23(25)3)39-29(40)26(37-32(44)38-27(31(42)43)18-9-11-19-34)17-10-12-20-35-33(45)46-21-24-14-5-4-6-15-24/h4-6,14-15,22-23,25-28H,7-13,16-21,34H2,1-3H3,(H,35,45)(H,36,41)(H,39,40)(H,42,43)(H2,37,38,44)/t23?,25?,26-,27+,28+/m1/s1. The Labute approximate surface area is 272 Å². The summed E-state index contributed by atoms with van der Waals surface area (Å²) in [4.78, 5) is 63.5. The van der Waals surface area contributed by atoms with Gasteiger partial charge in [0.05, 0.1) is 0 Å². The molecular weight excluding hydrogens is 592 g/mol. The first-order chi connectivity index (χ1) is 22.0. The second kappa shape index (κ2) is 21.0. The van der Waals surface area contributed by atoms with Crippen LogP contribution in [0.4, 0.5) is 9.59 Å².